The van der Waals surface area contributed by atoms with Gasteiger partial charge in [0.1, 0.15) is 0 Å². The van der Waals surface area contributed by atoms with E-state index in [1.165, 1.54) is 27.8 Å². The van der Waals surface area contributed by atoms with Crippen LogP contribution >= 0.6 is 0 Å². The van der Waals surface area contributed by atoms with E-state index in [4.69, 9.17) is 4.42 Å². The number of aromatic nitrogens is 2. The highest BCUT2D eigenvalue weighted by atomic mass is 16.4. The highest BCUT2D eigenvalue weighted by Crippen LogP contribution is 2.21. The molecule has 0 aliphatic heterocycles. The minimum atomic E-state index is 0.425. The summed E-state index contributed by atoms with van der Waals surface area (Å²) in [5, 5.41) is 11.4. The van der Waals surface area contributed by atoms with E-state index in [2.05, 4.69) is 73.5 Å². The van der Waals surface area contributed by atoms with Crippen LogP contribution in [0.25, 0.3) is 0 Å². The Morgan fingerprint density at radius 1 is 0.870 bits per heavy atom. The molecule has 0 bridgehead atoms. The van der Waals surface area contributed by atoms with Crippen LogP contribution in [0.5, 0.6) is 0 Å². The molecule has 2 aromatic carbocycles. The zero-order valence-electron chi connectivity index (χ0n) is 14.0. The average Bonchev–Trinajstić information content (AvgIpc) is 2.94. The Hall–Kier alpha value is -2.62. The highest BCUT2D eigenvalue weighted by Gasteiger charge is 2.10. The molecule has 23 heavy (non-hydrogen) atoms. The topological polar surface area (TPSA) is 51.0 Å². The van der Waals surface area contributed by atoms with Gasteiger partial charge in [-0.15, -0.1) is 5.10 Å². The molecule has 0 amide bonds. The first-order chi connectivity index (χ1) is 11.0. The van der Waals surface area contributed by atoms with Gasteiger partial charge in [0.05, 0.1) is 6.42 Å². The molecule has 118 valence electrons. The lowest BCUT2D eigenvalue weighted by Gasteiger charge is -2.07. The van der Waals surface area contributed by atoms with Crippen molar-refractivity contribution in [3.8, 4) is 0 Å². The van der Waals surface area contributed by atoms with Gasteiger partial charge in [0.2, 0.25) is 5.89 Å². The molecule has 3 rings (SSSR count). The summed E-state index contributed by atoms with van der Waals surface area (Å²) in [5.74, 6) is 0.619. The van der Waals surface area contributed by atoms with Gasteiger partial charge in [-0.25, -0.2) is 0 Å². The van der Waals surface area contributed by atoms with Crippen LogP contribution in [0.4, 0.5) is 11.7 Å². The summed E-state index contributed by atoms with van der Waals surface area (Å²) < 4.78 is 5.74. The number of benzene rings is 2. The van der Waals surface area contributed by atoms with E-state index in [0.717, 1.165) is 5.69 Å². The summed E-state index contributed by atoms with van der Waals surface area (Å²) in [6, 6.07) is 12.9. The SMILES string of the molecule is Cc1ccc(Nc2nnc(Cc3c(C)cccc3C)o2)cc1C. The minimum absolute atomic E-state index is 0.425. The number of rotatable bonds is 4. The molecule has 4 heteroatoms. The quantitative estimate of drug-likeness (QED) is 0.763. The number of aryl methyl sites for hydroxylation is 4. The zero-order valence-corrected chi connectivity index (χ0v) is 14.0. The van der Waals surface area contributed by atoms with Gasteiger partial charge >= 0.3 is 6.01 Å². The zero-order chi connectivity index (χ0) is 16.4. The van der Waals surface area contributed by atoms with E-state index >= 15 is 0 Å². The molecule has 0 fully saturated rings. The third-order valence-corrected chi connectivity index (χ3v) is 4.20. The van der Waals surface area contributed by atoms with E-state index < -0.39 is 0 Å². The smallest absolute Gasteiger partial charge is 0.320 e. The summed E-state index contributed by atoms with van der Waals surface area (Å²) >= 11 is 0. The Kier molecular flexibility index (Phi) is 4.15. The highest BCUT2D eigenvalue weighted by molar-refractivity contribution is 5.54. The van der Waals surface area contributed by atoms with Crippen molar-refractivity contribution in [2.75, 3.05) is 5.32 Å². The number of anilines is 2. The van der Waals surface area contributed by atoms with Crippen molar-refractivity contribution in [3.63, 3.8) is 0 Å². The Balaban J connectivity index is 1.76. The van der Waals surface area contributed by atoms with E-state index in [1.807, 2.05) is 6.07 Å². The summed E-state index contributed by atoms with van der Waals surface area (Å²) in [6.07, 6.45) is 0.653. The summed E-state index contributed by atoms with van der Waals surface area (Å²) in [4.78, 5) is 0. The molecule has 0 radical (unpaired) electrons. The van der Waals surface area contributed by atoms with Crippen molar-refractivity contribution in [1.82, 2.24) is 10.2 Å². The molecule has 1 N–H and O–H groups in total. The monoisotopic (exact) mass is 307 g/mol. The van der Waals surface area contributed by atoms with Crippen LogP contribution in [0, 0.1) is 27.7 Å². The van der Waals surface area contributed by atoms with Crippen LogP contribution in [-0.4, -0.2) is 10.2 Å². The lowest BCUT2D eigenvalue weighted by atomic mass is 10.0. The van der Waals surface area contributed by atoms with Gasteiger partial charge in [-0.3, -0.25) is 0 Å². The number of hydrogen-bond acceptors (Lipinski definition) is 4. The molecule has 1 heterocycles. The van der Waals surface area contributed by atoms with Gasteiger partial charge in [0.15, 0.2) is 0 Å². The second-order valence-electron chi connectivity index (χ2n) is 5.97. The molecule has 3 aromatic rings. The van der Waals surface area contributed by atoms with Crippen LogP contribution in [0.1, 0.15) is 33.7 Å². The van der Waals surface area contributed by atoms with Crippen molar-refractivity contribution in [2.24, 2.45) is 0 Å². The van der Waals surface area contributed by atoms with Gasteiger partial charge in [-0.1, -0.05) is 29.4 Å². The third kappa shape index (κ3) is 3.42. The summed E-state index contributed by atoms with van der Waals surface area (Å²) in [6.45, 7) is 8.38. The summed E-state index contributed by atoms with van der Waals surface area (Å²) in [7, 11) is 0. The molecular formula is C19H21N3O. The average molecular weight is 307 g/mol. The summed E-state index contributed by atoms with van der Waals surface area (Å²) in [5.41, 5.74) is 7.17. The number of hydrogen-bond donors (Lipinski definition) is 1. The first-order valence-corrected chi connectivity index (χ1v) is 7.74. The molecule has 0 spiro atoms. The van der Waals surface area contributed by atoms with Crippen molar-refractivity contribution in [2.45, 2.75) is 34.1 Å². The van der Waals surface area contributed by atoms with Crippen LogP contribution in [0.2, 0.25) is 0 Å². The fraction of sp³-hybridized carbons (Fsp3) is 0.263. The molecule has 0 aliphatic carbocycles. The molecule has 0 unspecified atom stereocenters. The Bertz CT molecular complexity index is 816. The van der Waals surface area contributed by atoms with Gasteiger partial charge in [-0.05, 0) is 67.6 Å². The van der Waals surface area contributed by atoms with Crippen molar-refractivity contribution >= 4 is 11.7 Å². The Morgan fingerprint density at radius 2 is 1.61 bits per heavy atom. The Morgan fingerprint density at radius 3 is 2.30 bits per heavy atom. The van der Waals surface area contributed by atoms with Crippen LogP contribution in [0.15, 0.2) is 40.8 Å². The predicted molar refractivity (Wildman–Crippen MR) is 92.2 cm³/mol. The maximum Gasteiger partial charge on any atom is 0.320 e. The normalized spacial score (nSPS) is 10.8. The second-order valence-corrected chi connectivity index (χ2v) is 5.97. The number of nitrogens with zero attached hydrogens (tertiary/aromatic N) is 2. The fourth-order valence-corrected chi connectivity index (χ4v) is 2.60. The van der Waals surface area contributed by atoms with E-state index in [9.17, 15) is 0 Å². The second kappa shape index (κ2) is 6.24. The van der Waals surface area contributed by atoms with Gasteiger partial charge in [0, 0.05) is 5.69 Å². The Labute approximate surface area is 136 Å². The van der Waals surface area contributed by atoms with Gasteiger partial charge in [0.25, 0.3) is 0 Å². The van der Waals surface area contributed by atoms with Crippen LogP contribution in [-0.2, 0) is 6.42 Å². The molecule has 0 atom stereocenters. The predicted octanol–water partition coefficient (Wildman–Crippen LogP) is 4.64. The van der Waals surface area contributed by atoms with Gasteiger partial charge < -0.3 is 9.73 Å². The van der Waals surface area contributed by atoms with Crippen LogP contribution in [0.3, 0.4) is 0 Å². The molecule has 0 aliphatic rings. The van der Waals surface area contributed by atoms with E-state index in [0.29, 0.717) is 18.3 Å². The van der Waals surface area contributed by atoms with Crippen molar-refractivity contribution in [1.29, 1.82) is 0 Å². The maximum absolute atomic E-state index is 5.74. The number of nitrogens with one attached hydrogen (secondary N) is 1. The minimum Gasteiger partial charge on any atom is -0.408 e. The third-order valence-electron chi connectivity index (χ3n) is 4.20. The lowest BCUT2D eigenvalue weighted by molar-refractivity contribution is 0.520. The molecule has 0 saturated heterocycles. The van der Waals surface area contributed by atoms with E-state index in [1.54, 1.807) is 0 Å². The van der Waals surface area contributed by atoms with Crippen molar-refractivity contribution in [3.05, 3.63) is 70.1 Å². The lowest BCUT2D eigenvalue weighted by Crippen LogP contribution is -1.95. The van der Waals surface area contributed by atoms with Gasteiger partial charge in [-0.2, -0.15) is 0 Å². The first kappa shape index (κ1) is 15.3. The first-order valence-electron chi connectivity index (χ1n) is 7.74. The maximum atomic E-state index is 5.74. The largest absolute Gasteiger partial charge is 0.408 e. The van der Waals surface area contributed by atoms with E-state index in [-0.39, 0.29) is 0 Å². The van der Waals surface area contributed by atoms with Crippen LogP contribution < -0.4 is 5.32 Å². The van der Waals surface area contributed by atoms with Crippen molar-refractivity contribution < 1.29 is 4.42 Å². The molecule has 0 saturated carbocycles. The standard InChI is InChI=1S/C19H21N3O/c1-12-8-9-16(10-15(12)4)20-19-22-21-18(23-19)11-17-13(2)6-5-7-14(17)3/h5-10H,11H2,1-4H3,(H,20,22). The fourth-order valence-electron chi connectivity index (χ4n) is 2.60. The molecule has 4 nitrogen and oxygen atoms in total. The molecular weight excluding hydrogens is 286 g/mol. The molecule has 1 aromatic heterocycles.